The van der Waals surface area contributed by atoms with E-state index in [1.54, 1.807) is 4.90 Å². The maximum atomic E-state index is 12.7. The molecule has 2 aromatic carbocycles. The molecule has 1 amide bonds. The molecule has 0 unspecified atom stereocenters. The summed E-state index contributed by atoms with van der Waals surface area (Å²) in [6, 6.07) is 13.0. The smallest absolute Gasteiger partial charge is 0.342 e. The predicted molar refractivity (Wildman–Crippen MR) is 107 cm³/mol. The lowest BCUT2D eigenvalue weighted by molar-refractivity contribution is -0.137. The fourth-order valence-corrected chi connectivity index (χ4v) is 4.27. The highest BCUT2D eigenvalue weighted by Crippen LogP contribution is 2.30. The Balaban J connectivity index is 1.40. The first-order valence-corrected chi connectivity index (χ1v) is 9.87. The molecule has 0 radical (unpaired) electrons. The number of aromatic nitrogens is 2. The van der Waals surface area contributed by atoms with Gasteiger partial charge in [0.05, 0.1) is 23.0 Å². The second-order valence-corrected chi connectivity index (χ2v) is 7.69. The third kappa shape index (κ3) is 4.07. The van der Waals surface area contributed by atoms with Gasteiger partial charge in [0.15, 0.2) is 4.77 Å². The Morgan fingerprint density at radius 1 is 1.07 bits per heavy atom. The minimum Gasteiger partial charge on any atom is -0.342 e. The highest BCUT2D eigenvalue weighted by molar-refractivity contribution is 7.71. The molecular formula is C21H20F3N3OS. The van der Waals surface area contributed by atoms with Gasteiger partial charge in [-0.25, -0.2) is 0 Å². The third-order valence-electron chi connectivity index (χ3n) is 5.44. The molecule has 1 aromatic heterocycles. The van der Waals surface area contributed by atoms with Gasteiger partial charge in [-0.2, -0.15) is 13.2 Å². The average Bonchev–Trinajstić information content (AvgIpc) is 3.03. The first kappa shape index (κ1) is 19.7. The lowest BCUT2D eigenvalue weighted by atomic mass is 10.0. The number of imidazole rings is 1. The molecule has 1 aliphatic heterocycles. The Morgan fingerprint density at radius 3 is 2.38 bits per heavy atom. The minimum atomic E-state index is -4.37. The van der Waals surface area contributed by atoms with E-state index in [1.807, 2.05) is 24.3 Å². The average molecular weight is 419 g/mol. The number of amides is 1. The fourth-order valence-electron chi connectivity index (χ4n) is 3.91. The monoisotopic (exact) mass is 419 g/mol. The van der Waals surface area contributed by atoms with Crippen LogP contribution in [0.2, 0.25) is 0 Å². The fraction of sp³-hybridized carbons (Fsp3) is 0.333. The van der Waals surface area contributed by atoms with Crippen molar-refractivity contribution in [3.63, 3.8) is 0 Å². The maximum Gasteiger partial charge on any atom is 0.416 e. The van der Waals surface area contributed by atoms with Gasteiger partial charge in [-0.3, -0.25) is 4.79 Å². The second kappa shape index (κ2) is 7.67. The van der Waals surface area contributed by atoms with E-state index in [0.29, 0.717) is 23.4 Å². The number of rotatable bonds is 3. The van der Waals surface area contributed by atoms with Crippen molar-refractivity contribution in [2.24, 2.45) is 0 Å². The molecule has 2 heterocycles. The zero-order valence-corrected chi connectivity index (χ0v) is 16.4. The molecule has 4 nitrogen and oxygen atoms in total. The van der Waals surface area contributed by atoms with Crippen LogP contribution in [0.1, 0.15) is 30.0 Å². The number of halogens is 3. The normalized spacial score (nSPS) is 15.8. The summed E-state index contributed by atoms with van der Waals surface area (Å²) in [6.07, 6.45) is -2.69. The number of nitrogens with one attached hydrogen (secondary N) is 1. The number of hydrogen-bond donors (Lipinski definition) is 1. The lowest BCUT2D eigenvalue weighted by Crippen LogP contribution is -2.39. The van der Waals surface area contributed by atoms with Crippen LogP contribution in [-0.2, 0) is 17.4 Å². The van der Waals surface area contributed by atoms with Gasteiger partial charge in [-0.15, -0.1) is 0 Å². The SMILES string of the molecule is O=C(Cc1ccc(C(F)(F)F)cc1)N1CCC(n2c(=S)[nH]c3ccccc32)CC1. The number of likely N-dealkylation sites (tertiary alicyclic amines) is 1. The summed E-state index contributed by atoms with van der Waals surface area (Å²) in [5, 5.41) is 0. The van der Waals surface area contributed by atoms with Gasteiger partial charge in [0, 0.05) is 19.1 Å². The number of carbonyl (C=O) groups is 1. The van der Waals surface area contributed by atoms with E-state index in [-0.39, 0.29) is 18.4 Å². The highest BCUT2D eigenvalue weighted by atomic mass is 32.1. The Morgan fingerprint density at radius 2 is 1.72 bits per heavy atom. The summed E-state index contributed by atoms with van der Waals surface area (Å²) in [5.74, 6) is -0.0641. The summed E-state index contributed by atoms with van der Waals surface area (Å²) in [6.45, 7) is 1.21. The molecule has 0 bridgehead atoms. The van der Waals surface area contributed by atoms with Crippen molar-refractivity contribution in [2.45, 2.75) is 31.5 Å². The Hall–Kier alpha value is -2.61. The molecule has 1 fully saturated rings. The summed E-state index contributed by atoms with van der Waals surface area (Å²) in [5.41, 5.74) is 1.94. The number of aromatic amines is 1. The van der Waals surface area contributed by atoms with E-state index in [1.165, 1.54) is 12.1 Å². The van der Waals surface area contributed by atoms with E-state index in [4.69, 9.17) is 12.2 Å². The molecule has 152 valence electrons. The number of H-pyrrole nitrogens is 1. The van der Waals surface area contributed by atoms with Gasteiger partial charge in [0.2, 0.25) is 5.91 Å². The molecular weight excluding hydrogens is 399 g/mol. The molecule has 1 N–H and O–H groups in total. The molecule has 0 atom stereocenters. The summed E-state index contributed by atoms with van der Waals surface area (Å²) < 4.78 is 40.8. The van der Waals surface area contributed by atoms with Crippen LogP contribution in [0.4, 0.5) is 13.2 Å². The number of para-hydroxylation sites is 2. The van der Waals surface area contributed by atoms with Gasteiger partial charge >= 0.3 is 6.18 Å². The van der Waals surface area contributed by atoms with Crippen molar-refractivity contribution in [1.29, 1.82) is 0 Å². The van der Waals surface area contributed by atoms with Crippen molar-refractivity contribution in [3.05, 3.63) is 64.4 Å². The minimum absolute atomic E-state index is 0.0641. The number of nitrogens with zero attached hydrogens (tertiary/aromatic N) is 2. The van der Waals surface area contributed by atoms with Gasteiger partial charge in [0.1, 0.15) is 0 Å². The van der Waals surface area contributed by atoms with Crippen LogP contribution in [0.3, 0.4) is 0 Å². The largest absolute Gasteiger partial charge is 0.416 e. The first-order chi connectivity index (χ1) is 13.8. The highest BCUT2D eigenvalue weighted by Gasteiger charge is 2.30. The zero-order chi connectivity index (χ0) is 20.6. The lowest BCUT2D eigenvalue weighted by Gasteiger charge is -2.33. The van der Waals surface area contributed by atoms with Crippen molar-refractivity contribution in [2.75, 3.05) is 13.1 Å². The van der Waals surface area contributed by atoms with Crippen LogP contribution in [0.15, 0.2) is 48.5 Å². The molecule has 29 heavy (non-hydrogen) atoms. The van der Waals surface area contributed by atoms with Gasteiger partial charge < -0.3 is 14.5 Å². The standard InChI is InChI=1S/C21H20F3N3OS/c22-21(23,24)15-7-5-14(6-8-15)13-19(28)26-11-9-16(10-12-26)27-18-4-2-1-3-17(18)25-20(27)29/h1-8,16H,9-13H2,(H,25,29). The van der Waals surface area contributed by atoms with E-state index in [0.717, 1.165) is 36.0 Å². The number of piperidine rings is 1. The summed E-state index contributed by atoms with van der Waals surface area (Å²) in [4.78, 5) is 17.6. The van der Waals surface area contributed by atoms with Gasteiger partial charge in [-0.05, 0) is 54.9 Å². The van der Waals surface area contributed by atoms with Gasteiger partial charge in [-0.1, -0.05) is 24.3 Å². The van der Waals surface area contributed by atoms with Crippen molar-refractivity contribution in [3.8, 4) is 0 Å². The quantitative estimate of drug-likeness (QED) is 0.599. The van der Waals surface area contributed by atoms with Crippen LogP contribution in [0, 0.1) is 4.77 Å². The molecule has 3 aromatic rings. The Kier molecular flexibility index (Phi) is 5.21. The zero-order valence-electron chi connectivity index (χ0n) is 15.6. The molecule has 1 saturated heterocycles. The number of fused-ring (bicyclic) bond motifs is 1. The summed E-state index contributed by atoms with van der Waals surface area (Å²) in [7, 11) is 0. The van der Waals surface area contributed by atoms with Crippen molar-refractivity contribution in [1.82, 2.24) is 14.5 Å². The maximum absolute atomic E-state index is 12.7. The van der Waals surface area contributed by atoms with E-state index < -0.39 is 11.7 Å². The third-order valence-corrected chi connectivity index (χ3v) is 5.74. The molecule has 1 aliphatic rings. The molecule has 0 spiro atoms. The molecule has 8 heteroatoms. The van der Waals surface area contributed by atoms with Gasteiger partial charge in [0.25, 0.3) is 0 Å². The van der Waals surface area contributed by atoms with Crippen LogP contribution >= 0.6 is 12.2 Å². The van der Waals surface area contributed by atoms with E-state index in [9.17, 15) is 18.0 Å². The number of hydrogen-bond acceptors (Lipinski definition) is 2. The predicted octanol–water partition coefficient (Wildman–Crippen LogP) is 5.12. The topological polar surface area (TPSA) is 41.0 Å². The van der Waals surface area contributed by atoms with E-state index in [2.05, 4.69) is 9.55 Å². The Bertz CT molecular complexity index is 1080. The number of carbonyl (C=O) groups excluding carboxylic acids is 1. The molecule has 4 rings (SSSR count). The van der Waals surface area contributed by atoms with Crippen LogP contribution < -0.4 is 0 Å². The van der Waals surface area contributed by atoms with Crippen LogP contribution in [-0.4, -0.2) is 33.4 Å². The number of benzene rings is 2. The van der Waals surface area contributed by atoms with Crippen LogP contribution in [0.5, 0.6) is 0 Å². The van der Waals surface area contributed by atoms with Crippen molar-refractivity contribution < 1.29 is 18.0 Å². The first-order valence-electron chi connectivity index (χ1n) is 9.46. The van der Waals surface area contributed by atoms with Crippen LogP contribution in [0.25, 0.3) is 11.0 Å². The van der Waals surface area contributed by atoms with E-state index >= 15 is 0 Å². The number of alkyl halides is 3. The Labute approximate surface area is 170 Å². The molecule has 0 aliphatic carbocycles. The molecule has 0 saturated carbocycles. The summed E-state index contributed by atoms with van der Waals surface area (Å²) >= 11 is 5.48. The second-order valence-electron chi connectivity index (χ2n) is 7.30. The van der Waals surface area contributed by atoms with Crippen molar-refractivity contribution >= 4 is 29.2 Å².